The lowest BCUT2D eigenvalue weighted by Crippen LogP contribution is -2.17. The zero-order valence-corrected chi connectivity index (χ0v) is 16.1. The van der Waals surface area contributed by atoms with Crippen LogP contribution in [0.3, 0.4) is 0 Å². The second kappa shape index (κ2) is 8.10. The van der Waals surface area contributed by atoms with Crippen LogP contribution in [0.1, 0.15) is 30.9 Å². The lowest BCUT2D eigenvalue weighted by atomic mass is 10.2. The number of hydrogen-bond donors (Lipinski definition) is 2. The molecule has 1 aromatic heterocycles. The van der Waals surface area contributed by atoms with E-state index < -0.39 is 0 Å². The first-order chi connectivity index (χ1) is 12.0. The molecule has 1 aliphatic rings. The van der Waals surface area contributed by atoms with Gasteiger partial charge in [-0.05, 0) is 74.0 Å². The second-order valence-corrected chi connectivity index (χ2v) is 7.46. The van der Waals surface area contributed by atoms with E-state index >= 15 is 0 Å². The average Bonchev–Trinajstić information content (AvgIpc) is 3.39. The van der Waals surface area contributed by atoms with Gasteiger partial charge in [0.1, 0.15) is 11.6 Å². The molecule has 2 aromatic rings. The fourth-order valence-electron chi connectivity index (χ4n) is 2.52. The van der Waals surface area contributed by atoms with Crippen molar-refractivity contribution in [1.82, 2.24) is 14.9 Å². The molecule has 3 rings (SSSR count). The average molecular weight is 408 g/mol. The molecule has 0 aliphatic heterocycles. The first-order valence-electron chi connectivity index (χ1n) is 8.51. The largest absolute Gasteiger partial charge is 0.354 e. The summed E-state index contributed by atoms with van der Waals surface area (Å²) in [5, 5.41) is 6.57. The molecule has 1 saturated carbocycles. The molecule has 0 bridgehead atoms. The van der Waals surface area contributed by atoms with Gasteiger partial charge >= 0.3 is 0 Å². The van der Waals surface area contributed by atoms with Gasteiger partial charge in [-0.2, -0.15) is 4.98 Å². The summed E-state index contributed by atoms with van der Waals surface area (Å²) in [6.07, 6.45) is 3.38. The number of hydrogen-bond acceptors (Lipinski definition) is 5. The molecule has 0 radical (unpaired) electrons. The first kappa shape index (κ1) is 18.1. The van der Waals surface area contributed by atoms with Crippen molar-refractivity contribution in [2.24, 2.45) is 0 Å². The summed E-state index contributed by atoms with van der Waals surface area (Å²) < 4.78 is 13.9. The van der Waals surface area contributed by atoms with Crippen LogP contribution in [-0.2, 0) is 0 Å². The van der Waals surface area contributed by atoms with Gasteiger partial charge in [0.25, 0.3) is 0 Å². The third-order valence-electron chi connectivity index (χ3n) is 4.00. The summed E-state index contributed by atoms with van der Waals surface area (Å²) in [5.74, 6) is 1.62. The predicted octanol–water partition coefficient (Wildman–Crippen LogP) is 4.36. The van der Waals surface area contributed by atoms with Crippen LogP contribution in [0.5, 0.6) is 0 Å². The third kappa shape index (κ3) is 5.37. The standard InChI is InChI=1S/C18H23BrFN5/c1-25(2)9-3-8-21-18-23-16(12-4-5-12)11-17(24-18)22-15-7-6-13(20)10-14(15)19/h6-7,10-12H,3-5,8-9H2,1-2H3,(H2,21,22,23,24). The second-order valence-electron chi connectivity index (χ2n) is 6.61. The summed E-state index contributed by atoms with van der Waals surface area (Å²) in [6.45, 7) is 1.84. The van der Waals surface area contributed by atoms with Gasteiger partial charge in [0.15, 0.2) is 0 Å². The molecule has 0 spiro atoms. The van der Waals surface area contributed by atoms with E-state index in [9.17, 15) is 4.39 Å². The quantitative estimate of drug-likeness (QED) is 0.636. The Bertz CT molecular complexity index is 733. The predicted molar refractivity (Wildman–Crippen MR) is 103 cm³/mol. The minimum Gasteiger partial charge on any atom is -0.354 e. The lowest BCUT2D eigenvalue weighted by Gasteiger charge is -2.13. The molecule has 1 aliphatic carbocycles. The molecule has 7 heteroatoms. The van der Waals surface area contributed by atoms with Crippen molar-refractivity contribution in [3.63, 3.8) is 0 Å². The van der Waals surface area contributed by atoms with E-state index in [0.717, 1.165) is 36.7 Å². The molecule has 1 aromatic carbocycles. The lowest BCUT2D eigenvalue weighted by molar-refractivity contribution is 0.405. The summed E-state index contributed by atoms with van der Waals surface area (Å²) >= 11 is 3.38. The number of halogens is 2. The molecule has 1 heterocycles. The summed E-state index contributed by atoms with van der Waals surface area (Å²) in [6, 6.07) is 6.54. The topological polar surface area (TPSA) is 53.1 Å². The highest BCUT2D eigenvalue weighted by molar-refractivity contribution is 9.10. The summed E-state index contributed by atoms with van der Waals surface area (Å²) in [7, 11) is 4.12. The SMILES string of the molecule is CN(C)CCCNc1nc(Nc2ccc(F)cc2Br)cc(C2CC2)n1. The van der Waals surface area contributed by atoms with Crippen molar-refractivity contribution in [3.05, 3.63) is 40.2 Å². The number of nitrogens with zero attached hydrogens (tertiary/aromatic N) is 3. The van der Waals surface area contributed by atoms with Crippen LogP contribution in [0, 0.1) is 5.82 Å². The van der Waals surface area contributed by atoms with Crippen molar-refractivity contribution in [2.45, 2.75) is 25.2 Å². The van der Waals surface area contributed by atoms with Crippen LogP contribution in [0.15, 0.2) is 28.7 Å². The monoisotopic (exact) mass is 407 g/mol. The molecule has 5 nitrogen and oxygen atoms in total. The molecule has 1 fully saturated rings. The Morgan fingerprint density at radius 3 is 2.72 bits per heavy atom. The molecule has 0 amide bonds. The zero-order valence-electron chi connectivity index (χ0n) is 14.5. The number of benzene rings is 1. The molecular weight excluding hydrogens is 385 g/mol. The zero-order chi connectivity index (χ0) is 17.8. The maximum Gasteiger partial charge on any atom is 0.224 e. The van der Waals surface area contributed by atoms with E-state index in [0.29, 0.717) is 16.3 Å². The van der Waals surface area contributed by atoms with E-state index in [1.165, 1.54) is 25.0 Å². The Morgan fingerprint density at radius 2 is 2.04 bits per heavy atom. The van der Waals surface area contributed by atoms with Crippen molar-refractivity contribution in [2.75, 3.05) is 37.8 Å². The van der Waals surface area contributed by atoms with Gasteiger partial charge in [-0.25, -0.2) is 9.37 Å². The van der Waals surface area contributed by atoms with Crippen LogP contribution >= 0.6 is 15.9 Å². The van der Waals surface area contributed by atoms with Crippen molar-refractivity contribution in [1.29, 1.82) is 0 Å². The molecule has 2 N–H and O–H groups in total. The number of anilines is 3. The highest BCUT2D eigenvalue weighted by atomic mass is 79.9. The molecule has 0 unspecified atom stereocenters. The van der Waals surface area contributed by atoms with Gasteiger partial charge < -0.3 is 15.5 Å². The van der Waals surface area contributed by atoms with Gasteiger partial charge in [0.05, 0.1) is 11.4 Å². The normalized spacial score (nSPS) is 14.0. The highest BCUT2D eigenvalue weighted by Gasteiger charge is 2.26. The van der Waals surface area contributed by atoms with Gasteiger partial charge in [-0.3, -0.25) is 0 Å². The molecule has 25 heavy (non-hydrogen) atoms. The maximum absolute atomic E-state index is 13.3. The first-order valence-corrected chi connectivity index (χ1v) is 9.30. The fraction of sp³-hybridized carbons (Fsp3) is 0.444. The summed E-state index contributed by atoms with van der Waals surface area (Å²) in [4.78, 5) is 11.4. The van der Waals surface area contributed by atoms with Crippen LogP contribution in [0.25, 0.3) is 0 Å². The minimum atomic E-state index is -0.276. The van der Waals surface area contributed by atoms with Gasteiger partial charge in [-0.15, -0.1) is 0 Å². The van der Waals surface area contributed by atoms with Gasteiger partial charge in [-0.1, -0.05) is 0 Å². The molecule has 134 valence electrons. The summed E-state index contributed by atoms with van der Waals surface area (Å²) in [5.41, 5.74) is 1.84. The Kier molecular flexibility index (Phi) is 5.86. The minimum absolute atomic E-state index is 0.276. The van der Waals surface area contributed by atoms with Crippen LogP contribution in [0.2, 0.25) is 0 Å². The fourth-order valence-corrected chi connectivity index (χ4v) is 2.97. The van der Waals surface area contributed by atoms with Crippen molar-refractivity contribution in [3.8, 4) is 0 Å². The van der Waals surface area contributed by atoms with E-state index in [-0.39, 0.29) is 5.82 Å². The van der Waals surface area contributed by atoms with Gasteiger partial charge in [0, 0.05) is 23.0 Å². The molecule has 0 atom stereocenters. The van der Waals surface area contributed by atoms with Crippen LogP contribution in [-0.4, -0.2) is 42.1 Å². The van der Waals surface area contributed by atoms with Gasteiger partial charge in [0.2, 0.25) is 5.95 Å². The highest BCUT2D eigenvalue weighted by Crippen LogP contribution is 2.40. The number of rotatable bonds is 8. The van der Waals surface area contributed by atoms with E-state index in [1.807, 2.05) is 6.07 Å². The van der Waals surface area contributed by atoms with Crippen molar-refractivity contribution < 1.29 is 4.39 Å². The smallest absolute Gasteiger partial charge is 0.224 e. The third-order valence-corrected chi connectivity index (χ3v) is 4.66. The maximum atomic E-state index is 13.3. The van der Waals surface area contributed by atoms with E-state index in [1.54, 1.807) is 6.07 Å². The Morgan fingerprint density at radius 1 is 1.24 bits per heavy atom. The Balaban J connectivity index is 1.73. The van der Waals surface area contributed by atoms with Crippen LogP contribution < -0.4 is 10.6 Å². The Hall–Kier alpha value is -1.73. The van der Waals surface area contributed by atoms with E-state index in [2.05, 4.69) is 55.5 Å². The molecule has 0 saturated heterocycles. The Labute approximate surface area is 156 Å². The number of nitrogens with one attached hydrogen (secondary N) is 2. The molecular formula is C18H23BrFN5. The van der Waals surface area contributed by atoms with E-state index in [4.69, 9.17) is 0 Å². The van der Waals surface area contributed by atoms with Crippen LogP contribution in [0.4, 0.5) is 21.8 Å². The van der Waals surface area contributed by atoms with Crippen molar-refractivity contribution >= 4 is 33.4 Å². The number of aromatic nitrogens is 2.